The molecule has 0 radical (unpaired) electrons. The lowest BCUT2D eigenvalue weighted by Crippen LogP contribution is -2.36. The quantitative estimate of drug-likeness (QED) is 0.820. The lowest BCUT2D eigenvalue weighted by Gasteiger charge is -2.34. The molecule has 1 heterocycles. The van der Waals surface area contributed by atoms with Crippen molar-refractivity contribution in [3.8, 4) is 0 Å². The first-order valence-corrected chi connectivity index (χ1v) is 6.82. The number of rotatable bonds is 6. The van der Waals surface area contributed by atoms with Gasteiger partial charge in [0, 0.05) is 24.2 Å². The van der Waals surface area contributed by atoms with E-state index in [9.17, 15) is 0 Å². The van der Waals surface area contributed by atoms with Gasteiger partial charge in [0.1, 0.15) is 5.76 Å². The Kier molecular flexibility index (Phi) is 3.21. The minimum Gasteiger partial charge on any atom is -0.468 e. The maximum absolute atomic E-state index is 5.63. The molecule has 0 aromatic carbocycles. The summed E-state index contributed by atoms with van der Waals surface area (Å²) in [4.78, 5) is 2.43. The van der Waals surface area contributed by atoms with E-state index < -0.39 is 0 Å². The Morgan fingerprint density at radius 3 is 2.82 bits per heavy atom. The molecule has 1 N–H and O–H groups in total. The highest BCUT2D eigenvalue weighted by Crippen LogP contribution is 2.26. The van der Waals surface area contributed by atoms with E-state index in [4.69, 9.17) is 4.42 Å². The molecule has 2 saturated carbocycles. The summed E-state index contributed by atoms with van der Waals surface area (Å²) in [6, 6.07) is 3.66. The van der Waals surface area contributed by atoms with Crippen molar-refractivity contribution in [2.45, 2.75) is 57.3 Å². The molecular weight excluding hydrogens is 212 g/mol. The Hall–Kier alpha value is -0.800. The van der Waals surface area contributed by atoms with Crippen LogP contribution in [0.5, 0.6) is 0 Å². The molecule has 2 aliphatic rings. The van der Waals surface area contributed by atoms with Crippen molar-refractivity contribution in [3.63, 3.8) is 0 Å². The fourth-order valence-corrected chi connectivity index (χ4v) is 2.39. The van der Waals surface area contributed by atoms with E-state index in [1.807, 2.05) is 6.26 Å². The van der Waals surface area contributed by atoms with E-state index in [0.29, 0.717) is 0 Å². The molecule has 0 unspecified atom stereocenters. The molecule has 0 spiro atoms. The minimum absolute atomic E-state index is 0.766. The Morgan fingerprint density at radius 1 is 1.35 bits per heavy atom. The van der Waals surface area contributed by atoms with Gasteiger partial charge in [-0.05, 0) is 38.8 Å². The molecule has 0 aliphatic heterocycles. The van der Waals surface area contributed by atoms with Crippen molar-refractivity contribution in [1.82, 2.24) is 10.2 Å². The molecule has 1 aromatic heterocycles. The maximum Gasteiger partial charge on any atom is 0.122 e. The van der Waals surface area contributed by atoms with Gasteiger partial charge in [-0.25, -0.2) is 0 Å². The number of nitrogens with zero attached hydrogens (tertiary/aromatic N) is 1. The SMILES string of the molecule is CN(Cc1occc1CNC1CC1)C1CCC1. The first kappa shape index (κ1) is 11.3. The summed E-state index contributed by atoms with van der Waals surface area (Å²) in [6.07, 6.45) is 8.61. The lowest BCUT2D eigenvalue weighted by molar-refractivity contribution is 0.142. The molecular formula is C14H22N2O. The van der Waals surface area contributed by atoms with Crippen LogP contribution in [-0.2, 0) is 13.1 Å². The van der Waals surface area contributed by atoms with Crippen molar-refractivity contribution in [3.05, 3.63) is 23.7 Å². The van der Waals surface area contributed by atoms with E-state index in [1.165, 1.54) is 37.7 Å². The van der Waals surface area contributed by atoms with E-state index in [-0.39, 0.29) is 0 Å². The second-order valence-electron chi connectivity index (χ2n) is 5.52. The van der Waals surface area contributed by atoms with E-state index in [0.717, 1.165) is 30.9 Å². The maximum atomic E-state index is 5.63. The summed E-state index contributed by atoms with van der Waals surface area (Å²) in [7, 11) is 2.21. The van der Waals surface area contributed by atoms with Crippen molar-refractivity contribution in [2.24, 2.45) is 0 Å². The van der Waals surface area contributed by atoms with Crippen LogP contribution in [0, 0.1) is 0 Å². The summed E-state index contributed by atoms with van der Waals surface area (Å²) < 4.78 is 5.63. The summed E-state index contributed by atoms with van der Waals surface area (Å²) in [5.41, 5.74) is 1.34. The predicted octanol–water partition coefficient (Wildman–Crippen LogP) is 2.52. The van der Waals surface area contributed by atoms with Gasteiger partial charge < -0.3 is 9.73 Å². The van der Waals surface area contributed by atoms with Crippen LogP contribution >= 0.6 is 0 Å². The van der Waals surface area contributed by atoms with Crippen LogP contribution in [0.2, 0.25) is 0 Å². The summed E-state index contributed by atoms with van der Waals surface area (Å²) in [5.74, 6) is 1.15. The molecule has 3 nitrogen and oxygen atoms in total. The van der Waals surface area contributed by atoms with Gasteiger partial charge in [-0.15, -0.1) is 0 Å². The summed E-state index contributed by atoms with van der Waals surface area (Å²) in [6.45, 7) is 1.92. The third-order valence-electron chi connectivity index (χ3n) is 4.09. The first-order chi connectivity index (χ1) is 8.33. The highest BCUT2D eigenvalue weighted by molar-refractivity contribution is 5.17. The number of hydrogen-bond acceptors (Lipinski definition) is 3. The predicted molar refractivity (Wildman–Crippen MR) is 67.7 cm³/mol. The monoisotopic (exact) mass is 234 g/mol. The molecule has 2 aliphatic carbocycles. The normalized spacial score (nSPS) is 20.8. The standard InChI is InChI=1S/C14H22N2O/c1-16(13-3-2-4-13)10-14-11(7-8-17-14)9-15-12-5-6-12/h7-8,12-13,15H,2-6,9-10H2,1H3. The van der Waals surface area contributed by atoms with Gasteiger partial charge in [0.05, 0.1) is 12.8 Å². The highest BCUT2D eigenvalue weighted by atomic mass is 16.3. The van der Waals surface area contributed by atoms with Crippen LogP contribution in [0.15, 0.2) is 16.7 Å². The van der Waals surface area contributed by atoms with Gasteiger partial charge in [0.2, 0.25) is 0 Å². The topological polar surface area (TPSA) is 28.4 Å². The van der Waals surface area contributed by atoms with E-state index in [1.54, 1.807) is 0 Å². The largest absolute Gasteiger partial charge is 0.468 e. The molecule has 0 bridgehead atoms. The smallest absolute Gasteiger partial charge is 0.122 e. The van der Waals surface area contributed by atoms with Gasteiger partial charge in [-0.1, -0.05) is 6.42 Å². The van der Waals surface area contributed by atoms with Crippen molar-refractivity contribution in [1.29, 1.82) is 0 Å². The Balaban J connectivity index is 1.55. The molecule has 1 aromatic rings. The third-order valence-corrected chi connectivity index (χ3v) is 4.09. The van der Waals surface area contributed by atoms with Gasteiger partial charge in [0.25, 0.3) is 0 Å². The fraction of sp³-hybridized carbons (Fsp3) is 0.714. The zero-order valence-corrected chi connectivity index (χ0v) is 10.6. The third kappa shape index (κ3) is 2.72. The van der Waals surface area contributed by atoms with Crippen molar-refractivity contribution < 1.29 is 4.42 Å². The Labute approximate surface area is 103 Å². The van der Waals surface area contributed by atoms with Gasteiger partial charge >= 0.3 is 0 Å². The zero-order chi connectivity index (χ0) is 11.7. The molecule has 17 heavy (non-hydrogen) atoms. The zero-order valence-electron chi connectivity index (χ0n) is 10.6. The highest BCUT2D eigenvalue weighted by Gasteiger charge is 2.24. The van der Waals surface area contributed by atoms with Crippen LogP contribution < -0.4 is 5.32 Å². The molecule has 0 atom stereocenters. The molecule has 0 saturated heterocycles. The fourth-order valence-electron chi connectivity index (χ4n) is 2.39. The Morgan fingerprint density at radius 2 is 2.18 bits per heavy atom. The molecule has 3 heteroatoms. The van der Waals surface area contributed by atoms with Crippen LogP contribution in [-0.4, -0.2) is 24.0 Å². The van der Waals surface area contributed by atoms with Crippen LogP contribution in [0.3, 0.4) is 0 Å². The van der Waals surface area contributed by atoms with Gasteiger partial charge in [-0.3, -0.25) is 4.90 Å². The minimum atomic E-state index is 0.766. The van der Waals surface area contributed by atoms with Gasteiger partial charge in [-0.2, -0.15) is 0 Å². The number of furan rings is 1. The molecule has 94 valence electrons. The number of hydrogen-bond donors (Lipinski definition) is 1. The average molecular weight is 234 g/mol. The average Bonchev–Trinajstić information content (AvgIpc) is 2.95. The molecule has 3 rings (SSSR count). The van der Waals surface area contributed by atoms with Crippen LogP contribution in [0.25, 0.3) is 0 Å². The van der Waals surface area contributed by atoms with Crippen molar-refractivity contribution >= 4 is 0 Å². The summed E-state index contributed by atoms with van der Waals surface area (Å²) in [5, 5.41) is 3.55. The molecule has 0 amide bonds. The summed E-state index contributed by atoms with van der Waals surface area (Å²) >= 11 is 0. The van der Waals surface area contributed by atoms with E-state index in [2.05, 4.69) is 23.3 Å². The lowest BCUT2D eigenvalue weighted by atomic mass is 9.92. The number of nitrogens with one attached hydrogen (secondary N) is 1. The second-order valence-corrected chi connectivity index (χ2v) is 5.52. The van der Waals surface area contributed by atoms with Crippen LogP contribution in [0.4, 0.5) is 0 Å². The van der Waals surface area contributed by atoms with Gasteiger partial charge in [0.15, 0.2) is 0 Å². The Bertz CT molecular complexity index is 366. The molecule has 2 fully saturated rings. The second kappa shape index (κ2) is 4.83. The van der Waals surface area contributed by atoms with E-state index >= 15 is 0 Å². The van der Waals surface area contributed by atoms with Crippen LogP contribution in [0.1, 0.15) is 43.4 Å². The van der Waals surface area contributed by atoms with Crippen molar-refractivity contribution in [2.75, 3.05) is 7.05 Å². The first-order valence-electron chi connectivity index (χ1n) is 6.82.